The van der Waals surface area contributed by atoms with Crippen molar-refractivity contribution in [3.05, 3.63) is 30.1 Å². The van der Waals surface area contributed by atoms with Gasteiger partial charge in [-0.2, -0.15) is 0 Å². The molecule has 19 heavy (non-hydrogen) atoms. The number of hydrogen-bond acceptors (Lipinski definition) is 2. The molecule has 0 aromatic carbocycles. The van der Waals surface area contributed by atoms with Crippen LogP contribution in [0.1, 0.15) is 50.5 Å². The smallest absolute Gasteiger partial charge is 0.0299 e. The molecule has 2 fully saturated rings. The molecular weight excluding hydrogens is 232 g/mol. The van der Waals surface area contributed by atoms with E-state index in [0.717, 1.165) is 17.9 Å². The SMILES string of the molecule is c1cncc(CC2CCCCCC2CNC2CC2)c1. The summed E-state index contributed by atoms with van der Waals surface area (Å²) >= 11 is 0. The Hall–Kier alpha value is -0.890. The summed E-state index contributed by atoms with van der Waals surface area (Å²) in [6.45, 7) is 1.25. The van der Waals surface area contributed by atoms with Crippen molar-refractivity contribution in [2.75, 3.05) is 6.54 Å². The zero-order valence-electron chi connectivity index (χ0n) is 11.9. The van der Waals surface area contributed by atoms with Crippen molar-refractivity contribution in [3.63, 3.8) is 0 Å². The van der Waals surface area contributed by atoms with Gasteiger partial charge < -0.3 is 5.32 Å². The van der Waals surface area contributed by atoms with Crippen molar-refractivity contribution < 1.29 is 0 Å². The summed E-state index contributed by atoms with van der Waals surface area (Å²) in [7, 11) is 0. The lowest BCUT2D eigenvalue weighted by Gasteiger charge is -2.25. The molecule has 0 aliphatic heterocycles. The number of hydrogen-bond donors (Lipinski definition) is 1. The van der Waals surface area contributed by atoms with Gasteiger partial charge >= 0.3 is 0 Å². The van der Waals surface area contributed by atoms with Crippen LogP contribution in [0.5, 0.6) is 0 Å². The van der Waals surface area contributed by atoms with E-state index < -0.39 is 0 Å². The van der Waals surface area contributed by atoms with Gasteiger partial charge in [0.05, 0.1) is 0 Å². The number of nitrogens with one attached hydrogen (secondary N) is 1. The molecule has 2 aliphatic carbocycles. The minimum absolute atomic E-state index is 0.849. The largest absolute Gasteiger partial charge is 0.314 e. The molecule has 2 unspecified atom stereocenters. The molecule has 104 valence electrons. The molecule has 3 rings (SSSR count). The molecule has 2 heteroatoms. The summed E-state index contributed by atoms with van der Waals surface area (Å²) in [5.74, 6) is 1.74. The van der Waals surface area contributed by atoms with E-state index >= 15 is 0 Å². The van der Waals surface area contributed by atoms with E-state index in [2.05, 4.69) is 28.6 Å². The van der Waals surface area contributed by atoms with Crippen LogP contribution in [0.2, 0.25) is 0 Å². The van der Waals surface area contributed by atoms with Gasteiger partial charge in [0.2, 0.25) is 0 Å². The van der Waals surface area contributed by atoms with E-state index in [0.29, 0.717) is 0 Å². The summed E-state index contributed by atoms with van der Waals surface area (Å²) in [5, 5.41) is 3.75. The Morgan fingerprint density at radius 2 is 1.89 bits per heavy atom. The molecular formula is C17H26N2. The van der Waals surface area contributed by atoms with Crippen LogP contribution in [-0.2, 0) is 6.42 Å². The predicted octanol–water partition coefficient (Wildman–Crippen LogP) is 3.57. The molecule has 2 nitrogen and oxygen atoms in total. The Balaban J connectivity index is 1.60. The summed E-state index contributed by atoms with van der Waals surface area (Å²) in [6.07, 6.45) is 15.1. The third-order valence-corrected chi connectivity index (χ3v) is 4.78. The second-order valence-electron chi connectivity index (χ2n) is 6.41. The molecule has 2 saturated carbocycles. The van der Waals surface area contributed by atoms with E-state index in [1.807, 2.05) is 6.20 Å². The van der Waals surface area contributed by atoms with E-state index in [4.69, 9.17) is 0 Å². The number of rotatable bonds is 5. The predicted molar refractivity (Wildman–Crippen MR) is 79.0 cm³/mol. The summed E-state index contributed by atoms with van der Waals surface area (Å²) in [5.41, 5.74) is 1.42. The molecule has 0 amide bonds. The van der Waals surface area contributed by atoms with E-state index in [-0.39, 0.29) is 0 Å². The highest BCUT2D eigenvalue weighted by atomic mass is 14.9. The fourth-order valence-electron chi connectivity index (χ4n) is 3.43. The second kappa shape index (κ2) is 6.51. The van der Waals surface area contributed by atoms with Crippen LogP contribution in [0.4, 0.5) is 0 Å². The van der Waals surface area contributed by atoms with Crippen LogP contribution < -0.4 is 5.32 Å². The summed E-state index contributed by atoms with van der Waals surface area (Å²) in [4.78, 5) is 4.27. The first-order chi connectivity index (χ1) is 9.42. The fourth-order valence-corrected chi connectivity index (χ4v) is 3.43. The number of nitrogens with zero attached hydrogens (tertiary/aromatic N) is 1. The maximum absolute atomic E-state index is 4.27. The summed E-state index contributed by atoms with van der Waals surface area (Å²) < 4.78 is 0. The molecule has 0 bridgehead atoms. The van der Waals surface area contributed by atoms with Crippen molar-refractivity contribution in [2.24, 2.45) is 11.8 Å². The Morgan fingerprint density at radius 3 is 2.63 bits per heavy atom. The van der Waals surface area contributed by atoms with Crippen LogP contribution in [0.3, 0.4) is 0 Å². The number of aromatic nitrogens is 1. The van der Waals surface area contributed by atoms with Crippen molar-refractivity contribution in [2.45, 2.75) is 57.4 Å². The van der Waals surface area contributed by atoms with Gasteiger partial charge in [0.25, 0.3) is 0 Å². The van der Waals surface area contributed by atoms with Gasteiger partial charge in [0, 0.05) is 18.4 Å². The highest BCUT2D eigenvalue weighted by Gasteiger charge is 2.27. The standard InChI is InChI=1S/C17H26N2/c1-2-6-15(11-14-5-4-10-18-12-14)16(7-3-1)13-19-17-8-9-17/h4-5,10,12,15-17,19H,1-3,6-9,11,13H2. The second-order valence-corrected chi connectivity index (χ2v) is 6.41. The first-order valence-corrected chi connectivity index (χ1v) is 8.04. The molecule has 2 aliphatic rings. The van der Waals surface area contributed by atoms with E-state index in [1.54, 1.807) is 0 Å². The van der Waals surface area contributed by atoms with Gasteiger partial charge in [-0.25, -0.2) is 0 Å². The normalized spacial score (nSPS) is 28.0. The maximum Gasteiger partial charge on any atom is 0.0299 e. The highest BCUT2D eigenvalue weighted by Crippen LogP contribution is 2.31. The molecule has 0 saturated heterocycles. The van der Waals surface area contributed by atoms with Gasteiger partial charge in [0.15, 0.2) is 0 Å². The molecule has 1 heterocycles. The molecule has 1 aromatic rings. The van der Waals surface area contributed by atoms with Crippen LogP contribution in [0.25, 0.3) is 0 Å². The first kappa shape index (κ1) is 13.1. The lowest BCUT2D eigenvalue weighted by molar-refractivity contribution is 0.297. The van der Waals surface area contributed by atoms with Crippen LogP contribution in [0, 0.1) is 11.8 Å². The lowest BCUT2D eigenvalue weighted by Crippen LogP contribution is -2.30. The zero-order chi connectivity index (χ0) is 12.9. The van der Waals surface area contributed by atoms with Gasteiger partial charge in [-0.1, -0.05) is 25.3 Å². The molecule has 0 spiro atoms. The third-order valence-electron chi connectivity index (χ3n) is 4.78. The lowest BCUT2D eigenvalue weighted by atomic mass is 9.83. The van der Waals surface area contributed by atoms with Gasteiger partial charge in [-0.3, -0.25) is 4.98 Å². The third kappa shape index (κ3) is 4.04. The highest BCUT2D eigenvalue weighted by molar-refractivity contribution is 5.09. The molecule has 1 aromatic heterocycles. The van der Waals surface area contributed by atoms with E-state index in [1.165, 1.54) is 63.5 Å². The maximum atomic E-state index is 4.27. The Bertz CT molecular complexity index is 372. The van der Waals surface area contributed by atoms with Gasteiger partial charge in [-0.05, 0) is 62.1 Å². The molecule has 1 N–H and O–H groups in total. The monoisotopic (exact) mass is 258 g/mol. The zero-order valence-corrected chi connectivity index (χ0v) is 11.9. The van der Waals surface area contributed by atoms with Crippen molar-refractivity contribution >= 4 is 0 Å². The average Bonchev–Trinajstić information content (AvgIpc) is 3.26. The molecule has 0 radical (unpaired) electrons. The van der Waals surface area contributed by atoms with Crippen molar-refractivity contribution in [1.82, 2.24) is 10.3 Å². The minimum Gasteiger partial charge on any atom is -0.314 e. The Kier molecular flexibility index (Phi) is 4.49. The van der Waals surface area contributed by atoms with Crippen molar-refractivity contribution in [3.8, 4) is 0 Å². The Labute approximate surface area is 117 Å². The Morgan fingerprint density at radius 1 is 1.05 bits per heavy atom. The van der Waals surface area contributed by atoms with Crippen LogP contribution in [0.15, 0.2) is 24.5 Å². The summed E-state index contributed by atoms with van der Waals surface area (Å²) in [6, 6.07) is 5.16. The quantitative estimate of drug-likeness (QED) is 0.817. The van der Waals surface area contributed by atoms with Crippen LogP contribution in [-0.4, -0.2) is 17.6 Å². The fraction of sp³-hybridized carbons (Fsp3) is 0.706. The topological polar surface area (TPSA) is 24.9 Å². The average molecular weight is 258 g/mol. The van der Waals surface area contributed by atoms with Gasteiger partial charge in [-0.15, -0.1) is 0 Å². The molecule has 2 atom stereocenters. The number of pyridine rings is 1. The first-order valence-electron chi connectivity index (χ1n) is 8.04. The van der Waals surface area contributed by atoms with Crippen LogP contribution >= 0.6 is 0 Å². The van der Waals surface area contributed by atoms with Gasteiger partial charge in [0.1, 0.15) is 0 Å². The van der Waals surface area contributed by atoms with E-state index in [9.17, 15) is 0 Å². The minimum atomic E-state index is 0.849. The van der Waals surface area contributed by atoms with Crippen molar-refractivity contribution in [1.29, 1.82) is 0 Å².